The highest BCUT2D eigenvalue weighted by Crippen LogP contribution is 2.35. The number of amides is 1. The van der Waals surface area contributed by atoms with E-state index < -0.39 is 27.6 Å². The van der Waals surface area contributed by atoms with Gasteiger partial charge in [-0.15, -0.1) is 0 Å². The lowest BCUT2D eigenvalue weighted by atomic mass is 10.1. The SMILES string of the molecule is Cc1nc(CNc2nc(Nc3ccc4c(c3)CC(=O)N4)ncc2C(F)(F)F)c(N(C)S(C)(=O)=O)nc1C. The molecule has 0 aliphatic carbocycles. The molecule has 3 N–H and O–H groups in total. The van der Waals surface area contributed by atoms with Crippen molar-refractivity contribution in [2.75, 3.05) is 33.6 Å². The van der Waals surface area contributed by atoms with E-state index in [1.54, 1.807) is 32.0 Å². The van der Waals surface area contributed by atoms with Gasteiger partial charge in [0.05, 0.1) is 30.6 Å². The highest BCUT2D eigenvalue weighted by Gasteiger charge is 2.35. The number of nitrogens with one attached hydrogen (secondary N) is 3. The molecule has 2 aromatic heterocycles. The lowest BCUT2D eigenvalue weighted by Gasteiger charge is -2.20. The second-order valence-electron chi connectivity index (χ2n) is 8.42. The minimum atomic E-state index is -4.76. The highest BCUT2D eigenvalue weighted by atomic mass is 32.2. The number of carbonyl (C=O) groups excluding carboxylic acids is 1. The number of sulfonamides is 1. The van der Waals surface area contributed by atoms with Gasteiger partial charge in [-0.3, -0.25) is 14.1 Å². The number of rotatable bonds is 7. The molecule has 3 heterocycles. The molecule has 15 heteroatoms. The lowest BCUT2D eigenvalue weighted by molar-refractivity contribution is -0.137. The van der Waals surface area contributed by atoms with E-state index in [2.05, 4.69) is 35.9 Å². The van der Waals surface area contributed by atoms with Crippen molar-refractivity contribution in [1.82, 2.24) is 19.9 Å². The number of alkyl halides is 3. The standard InChI is InChI=1S/C22H23F3N8O3S/c1-11-12(2)29-20(33(3)37(4,35)36)17(28-11)10-26-19-15(22(23,24)25)9-27-21(32-19)30-14-5-6-16-13(7-14)8-18(34)31-16/h5-7,9H,8,10H2,1-4H3,(H,31,34)(H2,26,27,30,32). The quantitative estimate of drug-likeness (QED) is 0.415. The summed E-state index contributed by atoms with van der Waals surface area (Å²) in [6, 6.07) is 4.99. The molecule has 3 aromatic rings. The van der Waals surface area contributed by atoms with Crippen LogP contribution in [-0.2, 0) is 34.0 Å². The summed E-state index contributed by atoms with van der Waals surface area (Å²) in [7, 11) is -2.43. The molecule has 37 heavy (non-hydrogen) atoms. The Kier molecular flexibility index (Phi) is 6.66. The van der Waals surface area contributed by atoms with Crippen LogP contribution < -0.4 is 20.3 Å². The molecule has 11 nitrogen and oxygen atoms in total. The highest BCUT2D eigenvalue weighted by molar-refractivity contribution is 7.92. The Morgan fingerprint density at radius 1 is 1.14 bits per heavy atom. The third-order valence-corrected chi connectivity index (χ3v) is 6.83. The first-order valence-corrected chi connectivity index (χ1v) is 12.7. The van der Waals surface area contributed by atoms with E-state index in [0.717, 1.165) is 16.1 Å². The van der Waals surface area contributed by atoms with Crippen molar-refractivity contribution < 1.29 is 26.4 Å². The van der Waals surface area contributed by atoms with Crippen LogP contribution >= 0.6 is 0 Å². The summed E-state index contributed by atoms with van der Waals surface area (Å²) < 4.78 is 66.2. The molecule has 0 spiro atoms. The van der Waals surface area contributed by atoms with Crippen LogP contribution in [0.15, 0.2) is 24.4 Å². The number of halogens is 3. The van der Waals surface area contributed by atoms with Crippen LogP contribution in [0.3, 0.4) is 0 Å². The zero-order valence-corrected chi connectivity index (χ0v) is 21.0. The van der Waals surface area contributed by atoms with Gasteiger partial charge in [0.15, 0.2) is 5.82 Å². The van der Waals surface area contributed by atoms with Crippen molar-refractivity contribution in [3.63, 3.8) is 0 Å². The Morgan fingerprint density at radius 2 is 1.84 bits per heavy atom. The van der Waals surface area contributed by atoms with Crippen molar-refractivity contribution in [2.45, 2.75) is 33.0 Å². The van der Waals surface area contributed by atoms with E-state index in [9.17, 15) is 26.4 Å². The second-order valence-corrected chi connectivity index (χ2v) is 10.4. The summed E-state index contributed by atoms with van der Waals surface area (Å²) >= 11 is 0. The Bertz CT molecular complexity index is 1500. The van der Waals surface area contributed by atoms with E-state index in [-0.39, 0.29) is 36.3 Å². The number of benzene rings is 1. The van der Waals surface area contributed by atoms with Gasteiger partial charge in [0, 0.05) is 24.6 Å². The molecule has 1 aliphatic heterocycles. The molecular formula is C22H23F3N8O3S. The molecular weight excluding hydrogens is 513 g/mol. The smallest absolute Gasteiger partial charge is 0.364 e. The predicted octanol–water partition coefficient (Wildman–Crippen LogP) is 3.15. The minimum Gasteiger partial charge on any atom is -0.364 e. The molecule has 0 atom stereocenters. The Hall–Kier alpha value is -4.01. The number of aromatic nitrogens is 4. The largest absolute Gasteiger partial charge is 0.421 e. The summed E-state index contributed by atoms with van der Waals surface area (Å²) in [4.78, 5) is 28.0. The molecule has 0 radical (unpaired) electrons. The maximum Gasteiger partial charge on any atom is 0.421 e. The molecule has 0 saturated heterocycles. The number of anilines is 5. The van der Waals surface area contributed by atoms with E-state index in [0.29, 0.717) is 29.0 Å². The number of carbonyl (C=O) groups is 1. The molecule has 0 bridgehead atoms. The zero-order valence-electron chi connectivity index (χ0n) is 20.2. The fraction of sp³-hybridized carbons (Fsp3) is 0.318. The number of fused-ring (bicyclic) bond motifs is 1. The molecule has 4 rings (SSSR count). The number of hydrogen-bond acceptors (Lipinski definition) is 9. The number of nitrogens with zero attached hydrogens (tertiary/aromatic N) is 5. The van der Waals surface area contributed by atoms with Gasteiger partial charge >= 0.3 is 6.18 Å². The van der Waals surface area contributed by atoms with E-state index in [1.807, 2.05) is 0 Å². The number of hydrogen-bond donors (Lipinski definition) is 3. The van der Waals surface area contributed by atoms with Crippen LogP contribution in [0.4, 0.5) is 42.1 Å². The van der Waals surface area contributed by atoms with Gasteiger partial charge in [-0.1, -0.05) is 0 Å². The van der Waals surface area contributed by atoms with Gasteiger partial charge in [0.2, 0.25) is 21.9 Å². The molecule has 196 valence electrons. The monoisotopic (exact) mass is 536 g/mol. The Labute approximate surface area is 210 Å². The average Bonchev–Trinajstić information content (AvgIpc) is 3.17. The van der Waals surface area contributed by atoms with Gasteiger partial charge in [-0.25, -0.2) is 18.4 Å². The topological polar surface area (TPSA) is 142 Å². The fourth-order valence-corrected chi connectivity index (χ4v) is 4.01. The average molecular weight is 537 g/mol. The van der Waals surface area contributed by atoms with Gasteiger partial charge in [-0.2, -0.15) is 18.2 Å². The third-order valence-electron chi connectivity index (χ3n) is 5.66. The first-order valence-electron chi connectivity index (χ1n) is 10.9. The molecule has 0 saturated carbocycles. The van der Waals surface area contributed by atoms with Crippen LogP contribution in [0, 0.1) is 13.8 Å². The Morgan fingerprint density at radius 3 is 2.51 bits per heavy atom. The lowest BCUT2D eigenvalue weighted by Crippen LogP contribution is -2.28. The molecule has 1 aliphatic rings. The minimum absolute atomic E-state index is 0.0136. The van der Waals surface area contributed by atoms with E-state index in [1.165, 1.54) is 7.05 Å². The second kappa shape index (κ2) is 9.46. The van der Waals surface area contributed by atoms with Gasteiger partial charge in [-0.05, 0) is 37.6 Å². The maximum absolute atomic E-state index is 13.7. The van der Waals surface area contributed by atoms with Crippen molar-refractivity contribution >= 4 is 44.9 Å². The Balaban J connectivity index is 1.65. The summed E-state index contributed by atoms with van der Waals surface area (Å²) in [6.07, 6.45) is -2.95. The normalized spacial score (nSPS) is 13.2. The summed E-state index contributed by atoms with van der Waals surface area (Å²) in [5, 5.41) is 8.16. The van der Waals surface area contributed by atoms with Crippen LogP contribution in [0.25, 0.3) is 0 Å². The van der Waals surface area contributed by atoms with Crippen molar-refractivity contribution in [1.29, 1.82) is 0 Å². The summed E-state index contributed by atoms with van der Waals surface area (Å²) in [5.74, 6) is -0.816. The summed E-state index contributed by atoms with van der Waals surface area (Å²) in [6.45, 7) is 3.01. The van der Waals surface area contributed by atoms with Crippen molar-refractivity contribution in [2.24, 2.45) is 0 Å². The molecule has 0 unspecified atom stereocenters. The van der Waals surface area contributed by atoms with Crippen LogP contribution in [-0.4, -0.2) is 47.6 Å². The van der Waals surface area contributed by atoms with E-state index in [4.69, 9.17) is 0 Å². The maximum atomic E-state index is 13.7. The first-order chi connectivity index (χ1) is 17.2. The van der Waals surface area contributed by atoms with Crippen molar-refractivity contribution in [3.8, 4) is 0 Å². The molecule has 1 aromatic carbocycles. The van der Waals surface area contributed by atoms with Crippen LogP contribution in [0.5, 0.6) is 0 Å². The third kappa shape index (κ3) is 5.71. The van der Waals surface area contributed by atoms with Gasteiger partial charge in [0.25, 0.3) is 0 Å². The van der Waals surface area contributed by atoms with Gasteiger partial charge in [0.1, 0.15) is 17.1 Å². The molecule has 0 fully saturated rings. The van der Waals surface area contributed by atoms with Crippen molar-refractivity contribution in [3.05, 3.63) is 52.6 Å². The van der Waals surface area contributed by atoms with Crippen LogP contribution in [0.2, 0.25) is 0 Å². The van der Waals surface area contributed by atoms with Crippen LogP contribution in [0.1, 0.15) is 28.2 Å². The fourth-order valence-electron chi connectivity index (χ4n) is 3.55. The molecule has 1 amide bonds. The summed E-state index contributed by atoms with van der Waals surface area (Å²) in [5.41, 5.74) is 1.85. The number of aryl methyl sites for hydroxylation is 2. The zero-order chi connectivity index (χ0) is 27.1. The first kappa shape index (κ1) is 26.1. The van der Waals surface area contributed by atoms with E-state index >= 15 is 0 Å². The van der Waals surface area contributed by atoms with Gasteiger partial charge < -0.3 is 16.0 Å². The predicted molar refractivity (Wildman–Crippen MR) is 131 cm³/mol.